The summed E-state index contributed by atoms with van der Waals surface area (Å²) in [5.41, 5.74) is 3.93. The molecule has 0 spiro atoms. The van der Waals surface area contributed by atoms with Crippen molar-refractivity contribution in [1.82, 2.24) is 0 Å². The van der Waals surface area contributed by atoms with E-state index in [0.29, 0.717) is 0 Å². The molecule has 1 heteroatoms. The summed E-state index contributed by atoms with van der Waals surface area (Å²) in [5.74, 6) is 0.911. The van der Waals surface area contributed by atoms with Crippen LogP contribution in [0.5, 0.6) is 5.75 Å². The highest BCUT2D eigenvalue weighted by atomic mass is 16.5. The fourth-order valence-electron chi connectivity index (χ4n) is 1.93. The molecule has 1 aromatic rings. The second kappa shape index (κ2) is 4.35. The second-order valence-corrected chi connectivity index (χ2v) is 3.91. The van der Waals surface area contributed by atoms with Gasteiger partial charge in [-0.15, -0.1) is 0 Å². The minimum Gasteiger partial charge on any atom is -0.497 e. The molecule has 0 atom stereocenters. The van der Waals surface area contributed by atoms with E-state index in [9.17, 15) is 0 Å². The van der Waals surface area contributed by atoms with Crippen molar-refractivity contribution < 1.29 is 4.74 Å². The first-order valence-corrected chi connectivity index (χ1v) is 5.32. The van der Waals surface area contributed by atoms with E-state index in [4.69, 9.17) is 4.74 Å². The maximum absolute atomic E-state index is 5.14. The number of methoxy groups -OCH3 is 1. The van der Waals surface area contributed by atoms with Crippen molar-refractivity contribution in [2.75, 3.05) is 7.11 Å². The first kappa shape index (κ1) is 10.0. The van der Waals surface area contributed by atoms with Crippen LogP contribution in [-0.2, 0) is 0 Å². The van der Waals surface area contributed by atoms with Gasteiger partial charge in [0, 0.05) is 0 Å². The Kier molecular flexibility index (Phi) is 2.91. The van der Waals surface area contributed by atoms with Crippen molar-refractivity contribution in [3.05, 3.63) is 48.1 Å². The normalized spacial score (nSPS) is 16.1. The van der Waals surface area contributed by atoms with Crippen LogP contribution < -0.4 is 4.74 Å². The van der Waals surface area contributed by atoms with Crippen LogP contribution in [0, 0.1) is 0 Å². The predicted octanol–water partition coefficient (Wildman–Crippen LogP) is 3.82. The molecule has 1 nitrogen and oxygen atoms in total. The third-order valence-corrected chi connectivity index (χ3v) is 2.78. The summed E-state index contributed by atoms with van der Waals surface area (Å²) in [6, 6.07) is 8.24. The highest BCUT2D eigenvalue weighted by Gasteiger charge is 2.07. The third-order valence-electron chi connectivity index (χ3n) is 2.78. The lowest BCUT2D eigenvalue weighted by atomic mass is 9.91. The largest absolute Gasteiger partial charge is 0.497 e. The van der Waals surface area contributed by atoms with Crippen LogP contribution in [0.4, 0.5) is 0 Å². The van der Waals surface area contributed by atoms with Crippen molar-refractivity contribution >= 4 is 5.57 Å². The van der Waals surface area contributed by atoms with Gasteiger partial charge in [0.2, 0.25) is 0 Å². The Bertz CT molecular complexity index is 384. The lowest BCUT2D eigenvalue weighted by Crippen LogP contribution is -1.93. The van der Waals surface area contributed by atoms with E-state index in [1.54, 1.807) is 7.11 Å². The molecule has 1 aliphatic rings. The molecule has 0 aliphatic heterocycles. The van der Waals surface area contributed by atoms with E-state index >= 15 is 0 Å². The molecule has 0 heterocycles. The Morgan fingerprint density at radius 1 is 1.13 bits per heavy atom. The van der Waals surface area contributed by atoms with Crippen molar-refractivity contribution in [3.8, 4) is 5.75 Å². The van der Waals surface area contributed by atoms with Gasteiger partial charge in [0.05, 0.1) is 7.11 Å². The third kappa shape index (κ3) is 2.30. The summed E-state index contributed by atoms with van der Waals surface area (Å²) in [6.07, 6.45) is 5.73. The Morgan fingerprint density at radius 2 is 1.87 bits per heavy atom. The van der Waals surface area contributed by atoms with Crippen LogP contribution in [-0.4, -0.2) is 7.11 Å². The molecule has 0 radical (unpaired) electrons. The standard InChI is InChI=1S/C14H16O/c1-11-4-3-5-13(10-11)12-6-8-14(15-2)9-7-12/h6-10H,1,3-5H2,2H3. The SMILES string of the molecule is C=C1C=C(c2ccc(OC)cc2)CCC1. The Morgan fingerprint density at radius 3 is 2.47 bits per heavy atom. The maximum Gasteiger partial charge on any atom is 0.118 e. The molecule has 0 bridgehead atoms. The van der Waals surface area contributed by atoms with E-state index < -0.39 is 0 Å². The minimum absolute atomic E-state index is 0.911. The summed E-state index contributed by atoms with van der Waals surface area (Å²) in [5, 5.41) is 0. The van der Waals surface area contributed by atoms with Gasteiger partial charge in [-0.25, -0.2) is 0 Å². The van der Waals surface area contributed by atoms with Crippen LogP contribution in [0.3, 0.4) is 0 Å². The van der Waals surface area contributed by atoms with Gasteiger partial charge in [-0.3, -0.25) is 0 Å². The molecule has 0 amide bonds. The number of hydrogen-bond donors (Lipinski definition) is 0. The van der Waals surface area contributed by atoms with Crippen molar-refractivity contribution in [3.63, 3.8) is 0 Å². The summed E-state index contributed by atoms with van der Waals surface area (Å²) < 4.78 is 5.14. The zero-order chi connectivity index (χ0) is 10.7. The molecule has 0 saturated heterocycles. The van der Waals surface area contributed by atoms with Gasteiger partial charge in [-0.2, -0.15) is 0 Å². The van der Waals surface area contributed by atoms with E-state index in [2.05, 4.69) is 24.8 Å². The van der Waals surface area contributed by atoms with Crippen molar-refractivity contribution in [2.45, 2.75) is 19.3 Å². The highest BCUT2D eigenvalue weighted by Crippen LogP contribution is 2.29. The maximum atomic E-state index is 5.14. The summed E-state index contributed by atoms with van der Waals surface area (Å²) in [4.78, 5) is 0. The van der Waals surface area contributed by atoms with Crippen LogP contribution in [0.1, 0.15) is 24.8 Å². The molecular formula is C14H16O. The van der Waals surface area contributed by atoms with E-state index in [0.717, 1.165) is 18.6 Å². The molecule has 0 aromatic heterocycles. The molecule has 1 aromatic carbocycles. The second-order valence-electron chi connectivity index (χ2n) is 3.91. The van der Waals surface area contributed by atoms with Gasteiger partial charge in [0.15, 0.2) is 0 Å². The molecule has 0 N–H and O–H groups in total. The highest BCUT2D eigenvalue weighted by molar-refractivity contribution is 5.69. The number of hydrogen-bond acceptors (Lipinski definition) is 1. The Balaban J connectivity index is 2.25. The quantitative estimate of drug-likeness (QED) is 0.705. The average molecular weight is 200 g/mol. The topological polar surface area (TPSA) is 9.23 Å². The fraction of sp³-hybridized carbons (Fsp3) is 0.286. The smallest absolute Gasteiger partial charge is 0.118 e. The van der Waals surface area contributed by atoms with Gasteiger partial charge in [-0.1, -0.05) is 30.4 Å². The molecule has 0 unspecified atom stereocenters. The number of allylic oxidation sites excluding steroid dienone is 3. The number of rotatable bonds is 2. The molecule has 2 rings (SSSR count). The Labute approximate surface area is 91.1 Å². The van der Waals surface area contributed by atoms with E-state index in [1.807, 2.05) is 12.1 Å². The number of ether oxygens (including phenoxy) is 1. The monoisotopic (exact) mass is 200 g/mol. The zero-order valence-corrected chi connectivity index (χ0v) is 9.12. The predicted molar refractivity (Wildman–Crippen MR) is 64.0 cm³/mol. The Hall–Kier alpha value is -1.50. The van der Waals surface area contributed by atoms with E-state index in [1.165, 1.54) is 23.1 Å². The zero-order valence-electron chi connectivity index (χ0n) is 9.12. The molecule has 15 heavy (non-hydrogen) atoms. The first-order chi connectivity index (χ1) is 7.29. The molecule has 78 valence electrons. The van der Waals surface area contributed by atoms with Crippen LogP contribution >= 0.6 is 0 Å². The first-order valence-electron chi connectivity index (χ1n) is 5.32. The minimum atomic E-state index is 0.911. The van der Waals surface area contributed by atoms with Crippen LogP contribution in [0.25, 0.3) is 5.57 Å². The summed E-state index contributed by atoms with van der Waals surface area (Å²) in [7, 11) is 1.69. The fourth-order valence-corrected chi connectivity index (χ4v) is 1.93. The van der Waals surface area contributed by atoms with Crippen molar-refractivity contribution in [1.29, 1.82) is 0 Å². The lowest BCUT2D eigenvalue weighted by Gasteiger charge is -2.14. The average Bonchev–Trinajstić information content (AvgIpc) is 2.29. The summed E-state index contributed by atoms with van der Waals surface area (Å²) in [6.45, 7) is 4.02. The van der Waals surface area contributed by atoms with Gasteiger partial charge in [0.1, 0.15) is 5.75 Å². The lowest BCUT2D eigenvalue weighted by molar-refractivity contribution is 0.415. The van der Waals surface area contributed by atoms with Crippen LogP contribution in [0.15, 0.2) is 42.5 Å². The summed E-state index contributed by atoms with van der Waals surface area (Å²) >= 11 is 0. The van der Waals surface area contributed by atoms with Gasteiger partial charge >= 0.3 is 0 Å². The molecule has 1 aliphatic carbocycles. The van der Waals surface area contributed by atoms with E-state index in [-0.39, 0.29) is 0 Å². The van der Waals surface area contributed by atoms with Crippen molar-refractivity contribution in [2.24, 2.45) is 0 Å². The van der Waals surface area contributed by atoms with Crippen LogP contribution in [0.2, 0.25) is 0 Å². The molecule has 0 saturated carbocycles. The number of benzene rings is 1. The molecular weight excluding hydrogens is 184 g/mol. The van der Waals surface area contributed by atoms with Gasteiger partial charge in [0.25, 0.3) is 0 Å². The van der Waals surface area contributed by atoms with Gasteiger partial charge in [-0.05, 0) is 42.5 Å². The van der Waals surface area contributed by atoms with Gasteiger partial charge < -0.3 is 4.74 Å². The molecule has 0 fully saturated rings.